The Bertz CT molecular complexity index is 1030. The molecule has 26 heavy (non-hydrogen) atoms. The molecule has 1 atom stereocenters. The normalized spacial score (nSPS) is 12.4. The molecule has 1 unspecified atom stereocenters. The number of oxazole rings is 1. The first-order valence-electron chi connectivity index (χ1n) is 8.01. The number of carbonyl (C=O) groups is 1. The van der Waals surface area contributed by atoms with Gasteiger partial charge in [0.05, 0.1) is 17.2 Å². The maximum absolute atomic E-state index is 12.4. The fraction of sp³-hybridized carbons (Fsp3) is 0.167. The summed E-state index contributed by atoms with van der Waals surface area (Å²) in [6, 6.07) is 10.5. The van der Waals surface area contributed by atoms with Crippen LogP contribution in [0.3, 0.4) is 0 Å². The third kappa shape index (κ3) is 3.41. The Balaban J connectivity index is 1.44. The Morgan fingerprint density at radius 1 is 1.27 bits per heavy atom. The summed E-state index contributed by atoms with van der Waals surface area (Å²) in [5.41, 5.74) is 1.45. The number of hydrogen-bond donors (Lipinski definition) is 1. The van der Waals surface area contributed by atoms with Gasteiger partial charge in [0.2, 0.25) is 5.89 Å². The molecule has 0 saturated heterocycles. The molecule has 0 radical (unpaired) electrons. The van der Waals surface area contributed by atoms with E-state index in [1.807, 2.05) is 37.4 Å². The van der Waals surface area contributed by atoms with E-state index in [0.717, 1.165) is 9.99 Å². The largest absolute Gasteiger partial charge is 0.454 e. The quantitative estimate of drug-likeness (QED) is 0.534. The van der Waals surface area contributed by atoms with Crippen LogP contribution >= 0.6 is 15.9 Å². The number of halogens is 1. The number of amides is 1. The fourth-order valence-corrected chi connectivity index (χ4v) is 2.90. The third-order valence-electron chi connectivity index (χ3n) is 3.83. The molecule has 132 valence electrons. The van der Waals surface area contributed by atoms with Crippen LogP contribution in [0.2, 0.25) is 0 Å². The highest BCUT2D eigenvalue weighted by atomic mass is 79.9. The van der Waals surface area contributed by atoms with Gasteiger partial charge < -0.3 is 14.2 Å². The van der Waals surface area contributed by atoms with Gasteiger partial charge in [0, 0.05) is 6.20 Å². The number of benzene rings is 1. The second-order valence-corrected chi connectivity index (χ2v) is 6.75. The summed E-state index contributed by atoms with van der Waals surface area (Å²) in [7, 11) is 0. The van der Waals surface area contributed by atoms with Crippen molar-refractivity contribution in [1.29, 1.82) is 0 Å². The molecule has 0 saturated carbocycles. The summed E-state index contributed by atoms with van der Waals surface area (Å²) in [5, 5.41) is 7.00. The van der Waals surface area contributed by atoms with Gasteiger partial charge in [-0.15, -0.1) is 0 Å². The van der Waals surface area contributed by atoms with Crippen molar-refractivity contribution in [2.75, 3.05) is 0 Å². The van der Waals surface area contributed by atoms with Gasteiger partial charge in [0.15, 0.2) is 11.3 Å². The highest BCUT2D eigenvalue weighted by Crippen LogP contribution is 2.20. The lowest BCUT2D eigenvalue weighted by atomic mass is 10.3. The molecule has 4 rings (SSSR count). The van der Waals surface area contributed by atoms with E-state index in [-0.39, 0.29) is 17.7 Å². The van der Waals surface area contributed by atoms with Crippen molar-refractivity contribution in [1.82, 2.24) is 20.1 Å². The van der Waals surface area contributed by atoms with E-state index in [9.17, 15) is 4.79 Å². The summed E-state index contributed by atoms with van der Waals surface area (Å²) in [4.78, 5) is 16.8. The van der Waals surface area contributed by atoms with E-state index in [1.54, 1.807) is 23.0 Å². The number of nitrogens with zero attached hydrogens (tertiary/aromatic N) is 3. The summed E-state index contributed by atoms with van der Waals surface area (Å²) in [6.45, 7) is 2.26. The van der Waals surface area contributed by atoms with Crippen LogP contribution in [0.15, 0.2) is 62.1 Å². The first kappa shape index (κ1) is 16.6. The van der Waals surface area contributed by atoms with Gasteiger partial charge >= 0.3 is 0 Å². The standard InChI is InChI=1S/C18H15BrN4O3/c1-11(18-22-14-4-2-3-5-15(14)26-18)21-17(24)16-7-6-13(25-16)10-23-9-12(19)8-20-23/h2-9,11H,10H2,1H3,(H,21,24). The first-order chi connectivity index (χ1) is 12.6. The van der Waals surface area contributed by atoms with E-state index in [1.165, 1.54) is 0 Å². The van der Waals surface area contributed by atoms with Gasteiger partial charge in [-0.25, -0.2) is 4.98 Å². The van der Waals surface area contributed by atoms with E-state index in [0.29, 0.717) is 23.8 Å². The summed E-state index contributed by atoms with van der Waals surface area (Å²) < 4.78 is 13.9. The Kier molecular flexibility index (Phi) is 4.34. The van der Waals surface area contributed by atoms with E-state index in [2.05, 4.69) is 31.3 Å². The Hall–Kier alpha value is -2.87. The van der Waals surface area contributed by atoms with Crippen LogP contribution in [0.25, 0.3) is 11.1 Å². The van der Waals surface area contributed by atoms with Gasteiger partial charge in [-0.1, -0.05) is 12.1 Å². The van der Waals surface area contributed by atoms with Crippen LogP contribution in [0, 0.1) is 0 Å². The van der Waals surface area contributed by atoms with E-state index in [4.69, 9.17) is 8.83 Å². The summed E-state index contributed by atoms with van der Waals surface area (Å²) in [6.07, 6.45) is 3.52. The van der Waals surface area contributed by atoms with Crippen LogP contribution in [0.5, 0.6) is 0 Å². The van der Waals surface area contributed by atoms with E-state index >= 15 is 0 Å². The molecule has 0 aliphatic heterocycles. The molecule has 8 heteroatoms. The molecule has 0 spiro atoms. The van der Waals surface area contributed by atoms with Crippen molar-refractivity contribution in [3.63, 3.8) is 0 Å². The second kappa shape index (κ2) is 6.80. The van der Waals surface area contributed by atoms with Crippen molar-refractivity contribution >= 4 is 32.9 Å². The van der Waals surface area contributed by atoms with Crippen molar-refractivity contribution in [3.05, 3.63) is 70.7 Å². The van der Waals surface area contributed by atoms with Crippen molar-refractivity contribution in [2.45, 2.75) is 19.5 Å². The highest BCUT2D eigenvalue weighted by Gasteiger charge is 2.19. The highest BCUT2D eigenvalue weighted by molar-refractivity contribution is 9.10. The molecule has 3 heterocycles. The zero-order chi connectivity index (χ0) is 18.1. The topological polar surface area (TPSA) is 86.1 Å². The van der Waals surface area contributed by atoms with Gasteiger partial charge in [-0.3, -0.25) is 9.48 Å². The maximum Gasteiger partial charge on any atom is 0.287 e. The minimum Gasteiger partial charge on any atom is -0.454 e. The SMILES string of the molecule is CC(NC(=O)c1ccc(Cn2cc(Br)cn2)o1)c1nc2ccccc2o1. The number of rotatable bonds is 5. The molecule has 7 nitrogen and oxygen atoms in total. The van der Waals surface area contributed by atoms with Crippen LogP contribution in [0.4, 0.5) is 0 Å². The molecule has 3 aromatic heterocycles. The molecule has 0 bridgehead atoms. The molecular formula is C18H15BrN4O3. The minimum absolute atomic E-state index is 0.231. The van der Waals surface area contributed by atoms with Gasteiger partial charge in [-0.2, -0.15) is 5.10 Å². The van der Waals surface area contributed by atoms with Crippen LogP contribution in [0.1, 0.15) is 35.2 Å². The number of hydrogen-bond acceptors (Lipinski definition) is 5. The van der Waals surface area contributed by atoms with Crippen molar-refractivity contribution in [3.8, 4) is 0 Å². The minimum atomic E-state index is -0.384. The van der Waals surface area contributed by atoms with Crippen molar-refractivity contribution < 1.29 is 13.6 Å². The zero-order valence-corrected chi connectivity index (χ0v) is 15.4. The third-order valence-corrected chi connectivity index (χ3v) is 4.24. The number of nitrogens with one attached hydrogen (secondary N) is 1. The maximum atomic E-state index is 12.4. The predicted molar refractivity (Wildman–Crippen MR) is 97.6 cm³/mol. The number of fused-ring (bicyclic) bond motifs is 1. The molecule has 0 aliphatic carbocycles. The van der Waals surface area contributed by atoms with Crippen LogP contribution < -0.4 is 5.32 Å². The second-order valence-electron chi connectivity index (χ2n) is 5.84. The average molecular weight is 415 g/mol. The Morgan fingerprint density at radius 3 is 2.88 bits per heavy atom. The molecule has 1 aromatic carbocycles. The lowest BCUT2D eigenvalue weighted by molar-refractivity contribution is 0.0904. The molecule has 0 fully saturated rings. The Labute approximate surface area is 157 Å². The molecule has 1 N–H and O–H groups in total. The number of carbonyl (C=O) groups excluding carboxylic acids is 1. The first-order valence-corrected chi connectivity index (χ1v) is 8.81. The van der Waals surface area contributed by atoms with Crippen LogP contribution in [-0.4, -0.2) is 20.7 Å². The van der Waals surface area contributed by atoms with Crippen molar-refractivity contribution in [2.24, 2.45) is 0 Å². The number of furan rings is 1. The van der Waals surface area contributed by atoms with E-state index < -0.39 is 0 Å². The summed E-state index contributed by atoms with van der Waals surface area (Å²) in [5.74, 6) is 0.995. The summed E-state index contributed by atoms with van der Waals surface area (Å²) >= 11 is 3.34. The number of aromatic nitrogens is 3. The monoisotopic (exact) mass is 414 g/mol. The molecule has 0 aliphatic rings. The smallest absolute Gasteiger partial charge is 0.287 e. The van der Waals surface area contributed by atoms with Gasteiger partial charge in [0.1, 0.15) is 17.3 Å². The molecule has 1 amide bonds. The molecule has 4 aromatic rings. The fourth-order valence-electron chi connectivity index (χ4n) is 2.57. The van der Waals surface area contributed by atoms with Gasteiger partial charge in [-0.05, 0) is 47.1 Å². The predicted octanol–water partition coefficient (Wildman–Crippen LogP) is 3.92. The van der Waals surface area contributed by atoms with Crippen LogP contribution in [-0.2, 0) is 6.54 Å². The lowest BCUT2D eigenvalue weighted by Gasteiger charge is -2.08. The zero-order valence-electron chi connectivity index (χ0n) is 13.8. The molecular weight excluding hydrogens is 400 g/mol. The van der Waals surface area contributed by atoms with Gasteiger partial charge in [0.25, 0.3) is 5.91 Å². The number of para-hydroxylation sites is 2. The lowest BCUT2D eigenvalue weighted by Crippen LogP contribution is -2.26. The average Bonchev–Trinajstić information content (AvgIpc) is 3.34. The Morgan fingerprint density at radius 2 is 2.12 bits per heavy atom.